The third-order valence-corrected chi connectivity index (χ3v) is 4.48. The molecule has 1 saturated heterocycles. The molecule has 122 valence electrons. The molecule has 1 fully saturated rings. The number of para-hydroxylation sites is 1. The number of hydrogen-bond donors (Lipinski definition) is 2. The molecular formula is C17H22N4O2. The van der Waals surface area contributed by atoms with Crippen LogP contribution in [0.2, 0.25) is 0 Å². The predicted molar refractivity (Wildman–Crippen MR) is 88.3 cm³/mol. The molecule has 0 aliphatic carbocycles. The minimum Gasteiger partial charge on any atom is -0.384 e. The molecule has 2 N–H and O–H groups in total. The van der Waals surface area contributed by atoms with Gasteiger partial charge < -0.3 is 15.4 Å². The van der Waals surface area contributed by atoms with Gasteiger partial charge in [-0.3, -0.25) is 14.8 Å². The lowest BCUT2D eigenvalue weighted by Crippen LogP contribution is -2.47. The second kappa shape index (κ2) is 7.02. The highest BCUT2D eigenvalue weighted by molar-refractivity contribution is 6.04. The van der Waals surface area contributed by atoms with E-state index in [1.807, 2.05) is 12.1 Å². The first-order valence-corrected chi connectivity index (χ1v) is 7.92. The number of ether oxygens (including phenoxy) is 1. The maximum Gasteiger partial charge on any atom is 0.253 e. The molecule has 1 amide bonds. The number of nitrogens with zero attached hydrogens (tertiary/aromatic N) is 2. The first kappa shape index (κ1) is 15.8. The van der Waals surface area contributed by atoms with E-state index in [2.05, 4.69) is 20.6 Å². The minimum atomic E-state index is -0.106. The lowest BCUT2D eigenvalue weighted by molar-refractivity contribution is 0.0512. The number of benzene rings is 1. The third-order valence-electron chi connectivity index (χ3n) is 4.48. The van der Waals surface area contributed by atoms with Gasteiger partial charge in [-0.1, -0.05) is 6.07 Å². The molecule has 3 rings (SSSR count). The van der Waals surface area contributed by atoms with Gasteiger partial charge in [-0.15, -0.1) is 0 Å². The second-order valence-electron chi connectivity index (χ2n) is 6.10. The van der Waals surface area contributed by atoms with E-state index in [-0.39, 0.29) is 11.3 Å². The zero-order valence-corrected chi connectivity index (χ0v) is 13.3. The average Bonchev–Trinajstić information content (AvgIpc) is 2.60. The van der Waals surface area contributed by atoms with Gasteiger partial charge in [0.1, 0.15) is 5.52 Å². The van der Waals surface area contributed by atoms with Crippen LogP contribution in [-0.2, 0) is 4.74 Å². The van der Waals surface area contributed by atoms with Crippen molar-refractivity contribution >= 4 is 16.9 Å². The standard InChI is InChI=1S/C17H22N4O2/c1-23-12-17(5-7-18-8-6-17)11-21-16(22)13-3-2-4-14-15(13)20-10-9-19-14/h2-4,9-10,18H,5-8,11-12H2,1H3,(H,21,22). The van der Waals surface area contributed by atoms with Gasteiger partial charge in [-0.25, -0.2) is 0 Å². The van der Waals surface area contributed by atoms with Gasteiger partial charge in [-0.05, 0) is 38.1 Å². The summed E-state index contributed by atoms with van der Waals surface area (Å²) in [5.74, 6) is -0.106. The summed E-state index contributed by atoms with van der Waals surface area (Å²) in [6, 6.07) is 5.48. The average molecular weight is 314 g/mol. The van der Waals surface area contributed by atoms with Crippen molar-refractivity contribution in [3.8, 4) is 0 Å². The number of carbonyl (C=O) groups is 1. The Bertz CT molecular complexity index is 672. The van der Waals surface area contributed by atoms with Crippen molar-refractivity contribution in [1.29, 1.82) is 0 Å². The first-order valence-electron chi connectivity index (χ1n) is 7.92. The zero-order chi connectivity index (χ0) is 16.1. The summed E-state index contributed by atoms with van der Waals surface area (Å²) in [5, 5.41) is 6.43. The lowest BCUT2D eigenvalue weighted by Gasteiger charge is -2.37. The summed E-state index contributed by atoms with van der Waals surface area (Å²) < 4.78 is 5.39. The highest BCUT2D eigenvalue weighted by atomic mass is 16.5. The topological polar surface area (TPSA) is 76.1 Å². The number of carbonyl (C=O) groups excluding carboxylic acids is 1. The van der Waals surface area contributed by atoms with Gasteiger partial charge in [0.2, 0.25) is 0 Å². The molecule has 1 aliphatic heterocycles. The van der Waals surface area contributed by atoms with Crippen LogP contribution < -0.4 is 10.6 Å². The molecule has 0 unspecified atom stereocenters. The van der Waals surface area contributed by atoms with Gasteiger partial charge in [0.25, 0.3) is 5.91 Å². The van der Waals surface area contributed by atoms with Gasteiger partial charge in [-0.2, -0.15) is 0 Å². The van der Waals surface area contributed by atoms with E-state index in [1.54, 1.807) is 25.6 Å². The summed E-state index contributed by atoms with van der Waals surface area (Å²) in [6.45, 7) is 3.18. The van der Waals surface area contributed by atoms with Gasteiger partial charge in [0.15, 0.2) is 0 Å². The van der Waals surface area contributed by atoms with E-state index in [0.717, 1.165) is 31.4 Å². The number of rotatable bonds is 5. The van der Waals surface area contributed by atoms with Crippen LogP contribution in [0.5, 0.6) is 0 Å². The Morgan fingerprint density at radius 2 is 2.09 bits per heavy atom. The number of aromatic nitrogens is 2. The van der Waals surface area contributed by atoms with Gasteiger partial charge >= 0.3 is 0 Å². The van der Waals surface area contributed by atoms with Crippen molar-refractivity contribution < 1.29 is 9.53 Å². The Morgan fingerprint density at radius 3 is 2.87 bits per heavy atom. The Balaban J connectivity index is 1.75. The molecule has 1 aliphatic rings. The third kappa shape index (κ3) is 3.48. The molecular weight excluding hydrogens is 292 g/mol. The van der Waals surface area contributed by atoms with Crippen LogP contribution in [-0.4, -0.2) is 49.2 Å². The van der Waals surface area contributed by atoms with Gasteiger partial charge in [0.05, 0.1) is 17.7 Å². The summed E-state index contributed by atoms with van der Waals surface area (Å²) >= 11 is 0. The van der Waals surface area contributed by atoms with Crippen molar-refractivity contribution in [1.82, 2.24) is 20.6 Å². The van der Waals surface area contributed by atoms with E-state index in [0.29, 0.717) is 24.2 Å². The molecule has 0 saturated carbocycles. The number of nitrogens with one attached hydrogen (secondary N) is 2. The minimum absolute atomic E-state index is 0.00588. The Hall–Kier alpha value is -2.05. The fourth-order valence-corrected chi connectivity index (χ4v) is 3.17. The molecule has 1 aromatic carbocycles. The Kier molecular flexibility index (Phi) is 4.83. The molecule has 1 aromatic heterocycles. The monoisotopic (exact) mass is 314 g/mol. The largest absolute Gasteiger partial charge is 0.384 e. The molecule has 0 bridgehead atoms. The normalized spacial score (nSPS) is 17.1. The lowest BCUT2D eigenvalue weighted by atomic mass is 9.79. The molecule has 0 atom stereocenters. The Morgan fingerprint density at radius 1 is 1.30 bits per heavy atom. The zero-order valence-electron chi connectivity index (χ0n) is 13.3. The van der Waals surface area contributed by atoms with Crippen LogP contribution in [0.25, 0.3) is 11.0 Å². The molecule has 0 radical (unpaired) electrons. The predicted octanol–water partition coefficient (Wildman–Crippen LogP) is 1.38. The smallest absolute Gasteiger partial charge is 0.253 e. The van der Waals surface area contributed by atoms with E-state index in [9.17, 15) is 4.79 Å². The SMILES string of the molecule is COCC1(CNC(=O)c2cccc3nccnc23)CCNCC1. The maximum atomic E-state index is 12.6. The molecule has 23 heavy (non-hydrogen) atoms. The van der Waals surface area contributed by atoms with Crippen LogP contribution in [0.15, 0.2) is 30.6 Å². The molecule has 0 spiro atoms. The van der Waals surface area contributed by atoms with Crippen molar-refractivity contribution in [2.75, 3.05) is 33.4 Å². The van der Waals surface area contributed by atoms with E-state index >= 15 is 0 Å². The summed E-state index contributed by atoms with van der Waals surface area (Å²) in [4.78, 5) is 21.2. The molecule has 6 nitrogen and oxygen atoms in total. The van der Waals surface area contributed by atoms with Crippen molar-refractivity contribution in [3.63, 3.8) is 0 Å². The number of methoxy groups -OCH3 is 1. The number of fused-ring (bicyclic) bond motifs is 1. The second-order valence-corrected chi connectivity index (χ2v) is 6.10. The van der Waals surface area contributed by atoms with Crippen LogP contribution >= 0.6 is 0 Å². The summed E-state index contributed by atoms with van der Waals surface area (Å²) in [6.07, 6.45) is 5.23. The van der Waals surface area contributed by atoms with Crippen molar-refractivity contribution in [2.45, 2.75) is 12.8 Å². The number of hydrogen-bond acceptors (Lipinski definition) is 5. The maximum absolute atomic E-state index is 12.6. The van der Waals surface area contributed by atoms with Crippen LogP contribution in [0.4, 0.5) is 0 Å². The highest BCUT2D eigenvalue weighted by Gasteiger charge is 2.32. The van der Waals surface area contributed by atoms with Gasteiger partial charge in [0, 0.05) is 31.5 Å². The van der Waals surface area contributed by atoms with Crippen molar-refractivity contribution in [2.24, 2.45) is 5.41 Å². The summed E-state index contributed by atoms with van der Waals surface area (Å²) in [7, 11) is 1.71. The molecule has 6 heteroatoms. The van der Waals surface area contributed by atoms with Crippen LogP contribution in [0.1, 0.15) is 23.2 Å². The first-order chi connectivity index (χ1) is 11.2. The van der Waals surface area contributed by atoms with E-state index in [1.165, 1.54) is 0 Å². The van der Waals surface area contributed by atoms with E-state index in [4.69, 9.17) is 4.74 Å². The fraction of sp³-hybridized carbons (Fsp3) is 0.471. The quantitative estimate of drug-likeness (QED) is 0.872. The number of piperidine rings is 1. The Labute approximate surface area is 135 Å². The van der Waals surface area contributed by atoms with Crippen molar-refractivity contribution in [3.05, 3.63) is 36.2 Å². The summed E-state index contributed by atoms with van der Waals surface area (Å²) in [5.41, 5.74) is 1.94. The molecule has 2 aromatic rings. The van der Waals surface area contributed by atoms with Crippen LogP contribution in [0, 0.1) is 5.41 Å². The number of amides is 1. The van der Waals surface area contributed by atoms with E-state index < -0.39 is 0 Å². The fourth-order valence-electron chi connectivity index (χ4n) is 3.17. The molecule has 2 heterocycles. The van der Waals surface area contributed by atoms with Crippen LogP contribution in [0.3, 0.4) is 0 Å². The highest BCUT2D eigenvalue weighted by Crippen LogP contribution is 2.28.